The molecular formula is C17H26N4. The van der Waals surface area contributed by atoms with Gasteiger partial charge in [0.05, 0.1) is 6.54 Å². The predicted octanol–water partition coefficient (Wildman–Crippen LogP) is 3.27. The number of nitrogens with zero attached hydrogens (tertiary/aromatic N) is 1. The Balaban J connectivity index is 2.07. The van der Waals surface area contributed by atoms with Crippen molar-refractivity contribution in [2.45, 2.75) is 40.3 Å². The number of H-pyrrole nitrogens is 1. The molecule has 2 rings (SSSR count). The van der Waals surface area contributed by atoms with Crippen molar-refractivity contribution < 1.29 is 0 Å². The fourth-order valence-electron chi connectivity index (χ4n) is 2.09. The molecule has 0 spiro atoms. The van der Waals surface area contributed by atoms with E-state index >= 15 is 0 Å². The molecule has 1 atom stereocenters. The Kier molecular flexibility index (Phi) is 5.26. The van der Waals surface area contributed by atoms with Gasteiger partial charge in [-0.05, 0) is 37.3 Å². The van der Waals surface area contributed by atoms with Crippen molar-refractivity contribution >= 4 is 16.9 Å². The largest absolute Gasteiger partial charge is 0.357 e. The molecule has 1 unspecified atom stereocenters. The van der Waals surface area contributed by atoms with E-state index in [0.717, 1.165) is 23.7 Å². The molecule has 0 bridgehead atoms. The summed E-state index contributed by atoms with van der Waals surface area (Å²) in [4.78, 5) is 8.07. The number of para-hydroxylation sites is 1. The third-order valence-corrected chi connectivity index (χ3v) is 3.70. The molecule has 0 saturated carbocycles. The highest BCUT2D eigenvalue weighted by Gasteiger charge is 2.08. The molecule has 1 aromatic carbocycles. The van der Waals surface area contributed by atoms with E-state index < -0.39 is 0 Å². The molecule has 1 heterocycles. The Morgan fingerprint density at radius 1 is 1.24 bits per heavy atom. The summed E-state index contributed by atoms with van der Waals surface area (Å²) < 4.78 is 0. The molecule has 114 valence electrons. The maximum atomic E-state index is 4.66. The second kappa shape index (κ2) is 7.16. The maximum absolute atomic E-state index is 4.66. The first kappa shape index (κ1) is 15.4. The number of rotatable bonds is 5. The summed E-state index contributed by atoms with van der Waals surface area (Å²) in [6.45, 7) is 10.2. The van der Waals surface area contributed by atoms with Gasteiger partial charge in [-0.3, -0.25) is 0 Å². The van der Waals surface area contributed by atoms with Gasteiger partial charge in [-0.25, -0.2) is 4.99 Å². The second-order valence-corrected chi connectivity index (χ2v) is 5.75. The highest BCUT2D eigenvalue weighted by Crippen LogP contribution is 2.15. The normalized spacial score (nSPS) is 13.7. The topological polar surface area (TPSA) is 52.2 Å². The molecule has 0 amide bonds. The average molecular weight is 286 g/mol. The molecule has 21 heavy (non-hydrogen) atoms. The number of aromatic nitrogens is 1. The van der Waals surface area contributed by atoms with E-state index in [4.69, 9.17) is 0 Å². The van der Waals surface area contributed by atoms with Crippen molar-refractivity contribution in [3.05, 3.63) is 36.0 Å². The average Bonchev–Trinajstić information content (AvgIpc) is 2.87. The zero-order chi connectivity index (χ0) is 15.2. The first-order valence-electron chi connectivity index (χ1n) is 7.71. The van der Waals surface area contributed by atoms with E-state index in [9.17, 15) is 0 Å². The predicted molar refractivity (Wildman–Crippen MR) is 90.6 cm³/mol. The zero-order valence-electron chi connectivity index (χ0n) is 13.4. The van der Waals surface area contributed by atoms with Gasteiger partial charge in [0.2, 0.25) is 0 Å². The molecule has 0 aliphatic heterocycles. The van der Waals surface area contributed by atoms with Crippen molar-refractivity contribution in [3.8, 4) is 0 Å². The van der Waals surface area contributed by atoms with E-state index in [-0.39, 0.29) is 0 Å². The van der Waals surface area contributed by atoms with Crippen LogP contribution in [0.1, 0.15) is 33.4 Å². The van der Waals surface area contributed by atoms with Crippen molar-refractivity contribution in [1.29, 1.82) is 0 Å². The minimum atomic E-state index is 0.394. The van der Waals surface area contributed by atoms with Gasteiger partial charge in [0, 0.05) is 23.8 Å². The Bertz CT molecular complexity index is 565. The number of fused-ring (bicyclic) bond motifs is 1. The molecule has 0 aliphatic carbocycles. The van der Waals surface area contributed by atoms with Gasteiger partial charge < -0.3 is 15.6 Å². The van der Waals surface area contributed by atoms with Crippen LogP contribution in [0.2, 0.25) is 0 Å². The molecule has 4 nitrogen and oxygen atoms in total. The van der Waals surface area contributed by atoms with Gasteiger partial charge in [-0.1, -0.05) is 32.0 Å². The molecule has 0 aliphatic rings. The number of nitrogens with one attached hydrogen (secondary N) is 3. The number of hydrogen-bond acceptors (Lipinski definition) is 1. The Morgan fingerprint density at radius 3 is 2.67 bits per heavy atom. The molecule has 0 radical (unpaired) electrons. The summed E-state index contributed by atoms with van der Waals surface area (Å²) in [5.41, 5.74) is 2.29. The molecule has 0 saturated heterocycles. The van der Waals surface area contributed by atoms with Crippen LogP contribution in [0, 0.1) is 5.92 Å². The lowest BCUT2D eigenvalue weighted by Gasteiger charge is -2.20. The standard InChI is InChI=1S/C17H26N4/c1-5-18-17(20-13(4)12(2)3)19-11-15-10-14-8-6-7-9-16(14)21-15/h6-10,12-13,21H,5,11H2,1-4H3,(H2,18,19,20). The summed E-state index contributed by atoms with van der Waals surface area (Å²) in [5.74, 6) is 1.44. The lowest BCUT2D eigenvalue weighted by molar-refractivity contribution is 0.481. The minimum Gasteiger partial charge on any atom is -0.357 e. The Hall–Kier alpha value is -1.97. The van der Waals surface area contributed by atoms with Crippen LogP contribution in [-0.4, -0.2) is 23.5 Å². The van der Waals surface area contributed by atoms with Gasteiger partial charge >= 0.3 is 0 Å². The van der Waals surface area contributed by atoms with Gasteiger partial charge in [-0.2, -0.15) is 0 Å². The summed E-state index contributed by atoms with van der Waals surface area (Å²) in [6, 6.07) is 10.9. The molecule has 2 aromatic rings. The molecule has 1 aromatic heterocycles. The number of aliphatic imine (C=N–C) groups is 1. The summed E-state index contributed by atoms with van der Waals surface area (Å²) in [6.07, 6.45) is 0. The fourth-order valence-corrected chi connectivity index (χ4v) is 2.09. The third kappa shape index (κ3) is 4.25. The summed E-state index contributed by atoms with van der Waals surface area (Å²) in [7, 11) is 0. The summed E-state index contributed by atoms with van der Waals surface area (Å²) >= 11 is 0. The lowest BCUT2D eigenvalue weighted by atomic mass is 10.1. The van der Waals surface area contributed by atoms with Crippen molar-refractivity contribution in [1.82, 2.24) is 15.6 Å². The number of guanidine groups is 1. The van der Waals surface area contributed by atoms with Crippen LogP contribution < -0.4 is 10.6 Å². The van der Waals surface area contributed by atoms with E-state index in [2.05, 4.69) is 72.6 Å². The molecular weight excluding hydrogens is 260 g/mol. The van der Waals surface area contributed by atoms with Crippen LogP contribution in [0.25, 0.3) is 10.9 Å². The quantitative estimate of drug-likeness (QED) is 0.583. The van der Waals surface area contributed by atoms with Crippen molar-refractivity contribution in [3.63, 3.8) is 0 Å². The SMILES string of the molecule is CCNC(=NCc1cc2ccccc2[nH]1)NC(C)C(C)C. The van der Waals surface area contributed by atoms with Crippen LogP contribution in [0.3, 0.4) is 0 Å². The van der Waals surface area contributed by atoms with E-state index in [1.54, 1.807) is 0 Å². The van der Waals surface area contributed by atoms with Crippen LogP contribution in [0.5, 0.6) is 0 Å². The first-order chi connectivity index (χ1) is 10.1. The van der Waals surface area contributed by atoms with E-state index in [1.807, 2.05) is 6.07 Å². The molecule has 4 heteroatoms. The molecule has 0 fully saturated rings. The number of aromatic amines is 1. The highest BCUT2D eigenvalue weighted by molar-refractivity contribution is 5.81. The summed E-state index contributed by atoms with van der Waals surface area (Å²) in [5, 5.41) is 7.98. The third-order valence-electron chi connectivity index (χ3n) is 3.70. The Morgan fingerprint density at radius 2 is 2.00 bits per heavy atom. The van der Waals surface area contributed by atoms with E-state index in [0.29, 0.717) is 18.5 Å². The number of benzene rings is 1. The monoisotopic (exact) mass is 286 g/mol. The zero-order valence-corrected chi connectivity index (χ0v) is 13.4. The molecule has 3 N–H and O–H groups in total. The van der Waals surface area contributed by atoms with Crippen LogP contribution in [-0.2, 0) is 6.54 Å². The lowest BCUT2D eigenvalue weighted by Crippen LogP contribution is -2.44. The first-order valence-corrected chi connectivity index (χ1v) is 7.71. The highest BCUT2D eigenvalue weighted by atomic mass is 15.2. The fraction of sp³-hybridized carbons (Fsp3) is 0.471. The minimum absolute atomic E-state index is 0.394. The van der Waals surface area contributed by atoms with Crippen molar-refractivity contribution in [2.75, 3.05) is 6.54 Å². The van der Waals surface area contributed by atoms with Crippen LogP contribution >= 0.6 is 0 Å². The maximum Gasteiger partial charge on any atom is 0.191 e. The van der Waals surface area contributed by atoms with Gasteiger partial charge in [0.25, 0.3) is 0 Å². The second-order valence-electron chi connectivity index (χ2n) is 5.75. The van der Waals surface area contributed by atoms with Crippen molar-refractivity contribution in [2.24, 2.45) is 10.9 Å². The number of hydrogen-bond donors (Lipinski definition) is 3. The van der Waals surface area contributed by atoms with Crippen LogP contribution in [0.15, 0.2) is 35.3 Å². The van der Waals surface area contributed by atoms with Gasteiger partial charge in [-0.15, -0.1) is 0 Å². The van der Waals surface area contributed by atoms with E-state index in [1.165, 1.54) is 5.39 Å². The van der Waals surface area contributed by atoms with Crippen LogP contribution in [0.4, 0.5) is 0 Å². The van der Waals surface area contributed by atoms with Gasteiger partial charge in [0.15, 0.2) is 5.96 Å². The smallest absolute Gasteiger partial charge is 0.191 e. The Labute approximate surface area is 127 Å². The van der Waals surface area contributed by atoms with Gasteiger partial charge in [0.1, 0.15) is 0 Å².